The topological polar surface area (TPSA) is 50.2 Å². The van der Waals surface area contributed by atoms with E-state index in [1.807, 2.05) is 0 Å². The Morgan fingerprint density at radius 1 is 1.33 bits per heavy atom. The minimum Gasteiger partial charge on any atom is -0.478 e. The fourth-order valence-corrected chi connectivity index (χ4v) is 1.82. The number of aromatic nitrogens is 1. The van der Waals surface area contributed by atoms with E-state index in [0.29, 0.717) is 16.7 Å². The van der Waals surface area contributed by atoms with Crippen LogP contribution in [0.5, 0.6) is 0 Å². The van der Waals surface area contributed by atoms with Crippen LogP contribution in [0.15, 0.2) is 36.5 Å². The minimum absolute atomic E-state index is 0.0714. The second-order valence-corrected chi connectivity index (χ2v) is 3.93. The zero-order chi connectivity index (χ0) is 13.1. The van der Waals surface area contributed by atoms with Crippen molar-refractivity contribution in [2.24, 2.45) is 0 Å². The highest BCUT2D eigenvalue weighted by Crippen LogP contribution is 2.28. The molecule has 0 spiro atoms. The number of carboxylic acid groups (broad SMARTS) is 1. The van der Waals surface area contributed by atoms with Crippen LogP contribution < -0.4 is 0 Å². The van der Waals surface area contributed by atoms with Gasteiger partial charge in [0.2, 0.25) is 0 Å². The quantitative estimate of drug-likeness (QED) is 0.664. The summed E-state index contributed by atoms with van der Waals surface area (Å²) in [5, 5.41) is 9.37. The van der Waals surface area contributed by atoms with E-state index in [0.717, 1.165) is 0 Å². The minimum atomic E-state index is -1.07. The average molecular weight is 258 g/mol. The fourth-order valence-electron chi connectivity index (χ4n) is 1.67. The van der Waals surface area contributed by atoms with Crippen molar-refractivity contribution >= 4 is 17.6 Å². The van der Waals surface area contributed by atoms with Crippen LogP contribution in [0.2, 0.25) is 5.15 Å². The molecule has 0 bridgehead atoms. The Bertz CT molecular complexity index is 659. The number of carboxylic acids is 1. The van der Waals surface area contributed by atoms with Gasteiger partial charge < -0.3 is 5.11 Å². The number of terminal acetylenes is 1. The monoisotopic (exact) mass is 257 g/mol. The molecule has 18 heavy (non-hydrogen) atoms. The molecule has 88 valence electrons. The van der Waals surface area contributed by atoms with Gasteiger partial charge in [0.05, 0.1) is 5.56 Å². The first kappa shape index (κ1) is 12.2. The predicted molar refractivity (Wildman–Crippen MR) is 69.6 cm³/mol. The summed E-state index contributed by atoms with van der Waals surface area (Å²) in [6.07, 6.45) is 6.64. The van der Waals surface area contributed by atoms with Gasteiger partial charge in [-0.25, -0.2) is 9.78 Å². The van der Waals surface area contributed by atoms with E-state index < -0.39 is 5.97 Å². The molecule has 0 fully saturated rings. The third-order valence-corrected chi connectivity index (χ3v) is 2.68. The number of hydrogen-bond donors (Lipinski definition) is 1. The first-order valence-corrected chi connectivity index (χ1v) is 5.46. The molecule has 2 aromatic rings. The molecule has 0 saturated carbocycles. The van der Waals surface area contributed by atoms with Crippen molar-refractivity contribution in [3.05, 3.63) is 52.8 Å². The fraction of sp³-hybridized carbons (Fsp3) is 0. The van der Waals surface area contributed by atoms with Gasteiger partial charge in [-0.15, -0.1) is 6.42 Å². The molecule has 0 unspecified atom stereocenters. The van der Waals surface area contributed by atoms with Crippen LogP contribution in [-0.2, 0) is 0 Å². The molecular formula is C14H8ClNO2. The van der Waals surface area contributed by atoms with Gasteiger partial charge in [0, 0.05) is 17.3 Å². The van der Waals surface area contributed by atoms with Gasteiger partial charge in [0.15, 0.2) is 0 Å². The third-order valence-electron chi connectivity index (χ3n) is 2.47. The standard InChI is InChI=1S/C14H8ClNO2/c1-2-9-5-3-4-6-10(9)11-7-13(15)16-8-12(11)14(17)18/h1,3-8H,(H,17,18). The van der Waals surface area contributed by atoms with Gasteiger partial charge in [0.1, 0.15) is 5.15 Å². The normalized spacial score (nSPS) is 9.78. The second kappa shape index (κ2) is 4.91. The van der Waals surface area contributed by atoms with Gasteiger partial charge in [-0.1, -0.05) is 35.7 Å². The molecule has 1 aromatic heterocycles. The van der Waals surface area contributed by atoms with Gasteiger partial charge in [-0.2, -0.15) is 0 Å². The number of rotatable bonds is 2. The molecule has 4 heteroatoms. The first-order valence-electron chi connectivity index (χ1n) is 5.08. The van der Waals surface area contributed by atoms with E-state index in [4.69, 9.17) is 23.1 Å². The lowest BCUT2D eigenvalue weighted by molar-refractivity contribution is 0.0697. The number of carbonyl (C=O) groups is 1. The smallest absolute Gasteiger partial charge is 0.337 e. The van der Waals surface area contributed by atoms with Crippen molar-refractivity contribution in [1.29, 1.82) is 0 Å². The zero-order valence-corrected chi connectivity index (χ0v) is 9.98. The van der Waals surface area contributed by atoms with Crippen molar-refractivity contribution in [3.63, 3.8) is 0 Å². The molecule has 1 aromatic carbocycles. The summed E-state index contributed by atoms with van der Waals surface area (Å²) in [7, 11) is 0. The summed E-state index contributed by atoms with van der Waals surface area (Å²) < 4.78 is 0. The molecule has 0 saturated heterocycles. The van der Waals surface area contributed by atoms with Crippen LogP contribution in [0.25, 0.3) is 11.1 Å². The highest BCUT2D eigenvalue weighted by atomic mass is 35.5. The maximum Gasteiger partial charge on any atom is 0.337 e. The number of nitrogens with zero attached hydrogens (tertiary/aromatic N) is 1. The molecule has 3 nitrogen and oxygen atoms in total. The molecule has 0 aliphatic heterocycles. The Hall–Kier alpha value is -2.31. The van der Waals surface area contributed by atoms with Crippen molar-refractivity contribution in [2.75, 3.05) is 0 Å². The van der Waals surface area contributed by atoms with Gasteiger partial charge >= 0.3 is 5.97 Å². The number of halogens is 1. The summed E-state index contributed by atoms with van der Waals surface area (Å²) in [6, 6.07) is 8.59. The lowest BCUT2D eigenvalue weighted by atomic mass is 9.97. The highest BCUT2D eigenvalue weighted by molar-refractivity contribution is 6.29. The highest BCUT2D eigenvalue weighted by Gasteiger charge is 2.14. The van der Waals surface area contributed by atoms with Crippen molar-refractivity contribution in [3.8, 4) is 23.5 Å². The summed E-state index contributed by atoms with van der Waals surface area (Å²) in [6.45, 7) is 0. The molecule has 1 heterocycles. The Labute approximate surface area is 109 Å². The van der Waals surface area contributed by atoms with Gasteiger partial charge in [-0.05, 0) is 17.7 Å². The molecule has 0 aliphatic carbocycles. The largest absolute Gasteiger partial charge is 0.478 e. The van der Waals surface area contributed by atoms with E-state index in [2.05, 4.69) is 10.9 Å². The van der Waals surface area contributed by atoms with Crippen molar-refractivity contribution < 1.29 is 9.90 Å². The maximum atomic E-state index is 11.2. The zero-order valence-electron chi connectivity index (χ0n) is 9.22. The third kappa shape index (κ3) is 2.20. The SMILES string of the molecule is C#Cc1ccccc1-c1cc(Cl)ncc1C(=O)O. The van der Waals surface area contributed by atoms with E-state index >= 15 is 0 Å². The molecule has 0 aliphatic rings. The molecule has 0 radical (unpaired) electrons. The summed E-state index contributed by atoms with van der Waals surface area (Å²) in [5.41, 5.74) is 1.81. The summed E-state index contributed by atoms with van der Waals surface area (Å²) in [5.74, 6) is 1.45. The number of aromatic carboxylic acids is 1. The summed E-state index contributed by atoms with van der Waals surface area (Å²) in [4.78, 5) is 14.9. The molecule has 0 atom stereocenters. The van der Waals surface area contributed by atoms with Crippen LogP contribution >= 0.6 is 11.6 Å². The Morgan fingerprint density at radius 3 is 2.72 bits per heavy atom. The summed E-state index contributed by atoms with van der Waals surface area (Å²) >= 11 is 5.81. The molecular weight excluding hydrogens is 250 g/mol. The van der Waals surface area contributed by atoms with Crippen LogP contribution in [-0.4, -0.2) is 16.1 Å². The van der Waals surface area contributed by atoms with Gasteiger partial charge in [0.25, 0.3) is 0 Å². The van der Waals surface area contributed by atoms with E-state index in [-0.39, 0.29) is 10.7 Å². The van der Waals surface area contributed by atoms with E-state index in [1.165, 1.54) is 12.3 Å². The Kier molecular flexibility index (Phi) is 3.31. The average Bonchev–Trinajstić information content (AvgIpc) is 2.38. The lowest BCUT2D eigenvalue weighted by Gasteiger charge is -2.08. The predicted octanol–water partition coefficient (Wildman–Crippen LogP) is 3.08. The molecule has 2 rings (SSSR count). The van der Waals surface area contributed by atoms with Crippen molar-refractivity contribution in [1.82, 2.24) is 4.98 Å². The van der Waals surface area contributed by atoms with Crippen LogP contribution in [0.3, 0.4) is 0 Å². The molecule has 0 amide bonds. The number of benzene rings is 1. The van der Waals surface area contributed by atoms with E-state index in [9.17, 15) is 4.79 Å². The van der Waals surface area contributed by atoms with Crippen LogP contribution in [0, 0.1) is 12.3 Å². The molecule has 1 N–H and O–H groups in total. The second-order valence-electron chi connectivity index (χ2n) is 3.55. The van der Waals surface area contributed by atoms with Crippen molar-refractivity contribution in [2.45, 2.75) is 0 Å². The Morgan fingerprint density at radius 2 is 2.06 bits per heavy atom. The number of hydrogen-bond acceptors (Lipinski definition) is 2. The first-order chi connectivity index (χ1) is 8.63. The lowest BCUT2D eigenvalue weighted by Crippen LogP contribution is -2.01. The maximum absolute atomic E-state index is 11.2. The number of pyridine rings is 1. The van der Waals surface area contributed by atoms with Crippen LogP contribution in [0.4, 0.5) is 0 Å². The van der Waals surface area contributed by atoms with Gasteiger partial charge in [-0.3, -0.25) is 0 Å². The van der Waals surface area contributed by atoms with Crippen LogP contribution in [0.1, 0.15) is 15.9 Å². The van der Waals surface area contributed by atoms with E-state index in [1.54, 1.807) is 24.3 Å². The Balaban J connectivity index is 2.74.